The highest BCUT2D eigenvalue weighted by Crippen LogP contribution is 2.25. The smallest absolute Gasteiger partial charge is 0.190 e. The van der Waals surface area contributed by atoms with Crippen molar-refractivity contribution < 1.29 is 0 Å². The summed E-state index contributed by atoms with van der Waals surface area (Å²) in [4.78, 5) is 15.9. The maximum Gasteiger partial charge on any atom is 0.190 e. The van der Waals surface area contributed by atoms with Crippen molar-refractivity contribution in [2.75, 3.05) is 31.6 Å². The number of aromatic nitrogens is 4. The SMILES string of the molecule is CCN(CC)CCSc1nc(SC)c2c(ncn2C)n1. The average molecular weight is 311 g/mol. The molecule has 110 valence electrons. The van der Waals surface area contributed by atoms with Crippen molar-refractivity contribution in [1.82, 2.24) is 24.4 Å². The molecule has 0 aromatic carbocycles. The number of imidazole rings is 1. The summed E-state index contributed by atoms with van der Waals surface area (Å²) in [7, 11) is 1.98. The van der Waals surface area contributed by atoms with Crippen molar-refractivity contribution in [3.63, 3.8) is 0 Å². The van der Waals surface area contributed by atoms with Gasteiger partial charge in [0.25, 0.3) is 0 Å². The van der Waals surface area contributed by atoms with Gasteiger partial charge in [0.15, 0.2) is 10.8 Å². The topological polar surface area (TPSA) is 46.8 Å². The molecule has 0 unspecified atom stereocenters. The van der Waals surface area contributed by atoms with Crippen LogP contribution in [0.5, 0.6) is 0 Å². The minimum Gasteiger partial charge on any atom is -0.330 e. The Labute approximate surface area is 128 Å². The summed E-state index contributed by atoms with van der Waals surface area (Å²) in [5.41, 5.74) is 1.81. The van der Waals surface area contributed by atoms with E-state index in [0.29, 0.717) is 0 Å². The van der Waals surface area contributed by atoms with E-state index in [1.54, 1.807) is 29.9 Å². The van der Waals surface area contributed by atoms with Gasteiger partial charge >= 0.3 is 0 Å². The number of hydrogen-bond donors (Lipinski definition) is 0. The van der Waals surface area contributed by atoms with E-state index in [4.69, 9.17) is 0 Å². The van der Waals surface area contributed by atoms with Gasteiger partial charge in [0.1, 0.15) is 10.5 Å². The Kier molecular flexibility index (Phi) is 5.68. The molecule has 20 heavy (non-hydrogen) atoms. The second-order valence-corrected chi connectivity index (χ2v) is 6.28. The van der Waals surface area contributed by atoms with Gasteiger partial charge in [-0.15, -0.1) is 11.8 Å². The van der Waals surface area contributed by atoms with E-state index in [1.165, 1.54) is 0 Å². The van der Waals surface area contributed by atoms with Crippen LogP contribution in [0, 0.1) is 0 Å². The molecule has 0 fully saturated rings. The first kappa shape index (κ1) is 15.6. The van der Waals surface area contributed by atoms with Crippen LogP contribution in [0.15, 0.2) is 16.5 Å². The van der Waals surface area contributed by atoms with Crippen molar-refractivity contribution in [2.45, 2.75) is 24.0 Å². The van der Waals surface area contributed by atoms with Crippen molar-refractivity contribution in [3.05, 3.63) is 6.33 Å². The molecule has 2 rings (SSSR count). The summed E-state index contributed by atoms with van der Waals surface area (Å²) in [5.74, 6) is 1.01. The summed E-state index contributed by atoms with van der Waals surface area (Å²) in [6.45, 7) is 7.63. The van der Waals surface area contributed by atoms with Crippen LogP contribution in [-0.4, -0.2) is 56.1 Å². The molecule has 0 radical (unpaired) electrons. The Morgan fingerprint density at radius 1 is 1.25 bits per heavy atom. The summed E-state index contributed by atoms with van der Waals surface area (Å²) < 4.78 is 1.98. The van der Waals surface area contributed by atoms with Gasteiger partial charge in [-0.1, -0.05) is 25.6 Å². The maximum absolute atomic E-state index is 4.64. The average Bonchev–Trinajstić information content (AvgIpc) is 2.84. The first-order valence-electron chi connectivity index (χ1n) is 6.77. The van der Waals surface area contributed by atoms with E-state index in [9.17, 15) is 0 Å². The zero-order chi connectivity index (χ0) is 14.5. The fourth-order valence-electron chi connectivity index (χ4n) is 2.01. The standard InChI is InChI=1S/C13H21N5S2/c1-5-18(6-2)7-8-20-13-15-11-10(12(16-13)19-4)17(3)9-14-11/h9H,5-8H2,1-4H3. The number of nitrogens with zero attached hydrogens (tertiary/aromatic N) is 5. The Morgan fingerprint density at radius 3 is 2.65 bits per heavy atom. The molecule has 2 aromatic heterocycles. The number of fused-ring (bicyclic) bond motifs is 1. The fraction of sp³-hybridized carbons (Fsp3) is 0.615. The van der Waals surface area contributed by atoms with Gasteiger partial charge in [0.2, 0.25) is 0 Å². The highest BCUT2D eigenvalue weighted by atomic mass is 32.2. The highest BCUT2D eigenvalue weighted by molar-refractivity contribution is 7.99. The third-order valence-corrected chi connectivity index (χ3v) is 4.74. The van der Waals surface area contributed by atoms with Crippen LogP contribution in [0.3, 0.4) is 0 Å². The van der Waals surface area contributed by atoms with Gasteiger partial charge in [-0.3, -0.25) is 0 Å². The Bertz CT molecular complexity index is 565. The van der Waals surface area contributed by atoms with Crippen molar-refractivity contribution in [3.8, 4) is 0 Å². The highest BCUT2D eigenvalue weighted by Gasteiger charge is 2.12. The monoisotopic (exact) mass is 311 g/mol. The minimum absolute atomic E-state index is 0.789. The lowest BCUT2D eigenvalue weighted by Crippen LogP contribution is -2.25. The predicted molar refractivity (Wildman–Crippen MR) is 86.6 cm³/mol. The van der Waals surface area contributed by atoms with Gasteiger partial charge in [-0.2, -0.15) is 0 Å². The molecule has 0 aliphatic rings. The lowest BCUT2D eigenvalue weighted by Gasteiger charge is -2.16. The Morgan fingerprint density at radius 2 is 2.00 bits per heavy atom. The van der Waals surface area contributed by atoms with Gasteiger partial charge in [-0.05, 0) is 19.3 Å². The predicted octanol–water partition coefficient (Wildman–Crippen LogP) is 2.52. The second-order valence-electron chi connectivity index (χ2n) is 4.42. The summed E-state index contributed by atoms with van der Waals surface area (Å²) in [6, 6.07) is 0. The summed E-state index contributed by atoms with van der Waals surface area (Å²) in [6.07, 6.45) is 3.84. The van der Waals surface area contributed by atoms with E-state index in [1.807, 2.05) is 17.9 Å². The van der Waals surface area contributed by atoms with Crippen LogP contribution in [-0.2, 0) is 7.05 Å². The third kappa shape index (κ3) is 3.45. The molecule has 7 heteroatoms. The largest absolute Gasteiger partial charge is 0.330 e. The quantitative estimate of drug-likeness (QED) is 0.445. The first-order valence-corrected chi connectivity index (χ1v) is 8.98. The third-order valence-electron chi connectivity index (χ3n) is 3.25. The molecule has 0 saturated carbocycles. The van der Waals surface area contributed by atoms with E-state index < -0.39 is 0 Å². The van der Waals surface area contributed by atoms with Crippen LogP contribution in [0.1, 0.15) is 13.8 Å². The maximum atomic E-state index is 4.64. The molecule has 0 aliphatic carbocycles. The van der Waals surface area contributed by atoms with Crippen LogP contribution in [0.25, 0.3) is 11.2 Å². The molecule has 0 bridgehead atoms. The lowest BCUT2D eigenvalue weighted by atomic mass is 10.5. The van der Waals surface area contributed by atoms with Crippen molar-refractivity contribution in [1.29, 1.82) is 0 Å². The number of aryl methyl sites for hydroxylation is 1. The van der Waals surface area contributed by atoms with Gasteiger partial charge in [0.05, 0.1) is 6.33 Å². The van der Waals surface area contributed by atoms with Gasteiger partial charge in [-0.25, -0.2) is 15.0 Å². The molecule has 0 spiro atoms. The normalized spacial score (nSPS) is 11.7. The van der Waals surface area contributed by atoms with Crippen LogP contribution in [0.2, 0.25) is 0 Å². The minimum atomic E-state index is 0.789. The molecule has 0 amide bonds. The molecule has 0 atom stereocenters. The molecule has 2 aromatic rings. The van der Waals surface area contributed by atoms with Crippen LogP contribution in [0.4, 0.5) is 0 Å². The van der Waals surface area contributed by atoms with Gasteiger partial charge in [0, 0.05) is 19.3 Å². The fourth-order valence-corrected chi connectivity index (χ4v) is 3.52. The number of rotatable bonds is 7. The molecular formula is C13H21N5S2. The molecule has 2 heterocycles. The van der Waals surface area contributed by atoms with Crippen LogP contribution >= 0.6 is 23.5 Å². The van der Waals surface area contributed by atoms with Crippen molar-refractivity contribution >= 4 is 34.7 Å². The Balaban J connectivity index is 2.11. The molecular weight excluding hydrogens is 290 g/mol. The van der Waals surface area contributed by atoms with E-state index >= 15 is 0 Å². The zero-order valence-electron chi connectivity index (χ0n) is 12.5. The molecule has 0 saturated heterocycles. The summed E-state index contributed by atoms with van der Waals surface area (Å²) >= 11 is 3.35. The Hall–Kier alpha value is -0.790. The van der Waals surface area contributed by atoms with Crippen LogP contribution < -0.4 is 0 Å². The zero-order valence-corrected chi connectivity index (χ0v) is 14.1. The lowest BCUT2D eigenvalue weighted by molar-refractivity contribution is 0.324. The number of hydrogen-bond acceptors (Lipinski definition) is 6. The number of thioether (sulfide) groups is 2. The van der Waals surface area contributed by atoms with Crippen molar-refractivity contribution in [2.24, 2.45) is 7.05 Å². The molecule has 0 N–H and O–H groups in total. The molecule has 0 aliphatic heterocycles. The summed E-state index contributed by atoms with van der Waals surface area (Å²) in [5, 5.41) is 1.83. The first-order chi connectivity index (χ1) is 9.69. The van der Waals surface area contributed by atoms with E-state index in [2.05, 4.69) is 33.7 Å². The van der Waals surface area contributed by atoms with E-state index in [0.717, 1.165) is 46.7 Å². The van der Waals surface area contributed by atoms with Gasteiger partial charge < -0.3 is 9.47 Å². The van der Waals surface area contributed by atoms with E-state index in [-0.39, 0.29) is 0 Å². The molecule has 5 nitrogen and oxygen atoms in total. The second kappa shape index (κ2) is 7.28.